The molecule has 1 fully saturated rings. The zero-order chi connectivity index (χ0) is 13.8. The summed E-state index contributed by atoms with van der Waals surface area (Å²) in [5, 5.41) is 3.44. The Labute approximate surface area is 114 Å². The molecule has 0 spiro atoms. The van der Waals surface area contributed by atoms with Crippen LogP contribution in [0.15, 0.2) is 18.3 Å². The summed E-state index contributed by atoms with van der Waals surface area (Å²) in [6.07, 6.45) is 1.93. The Morgan fingerprint density at radius 3 is 2.74 bits per heavy atom. The van der Waals surface area contributed by atoms with E-state index in [0.717, 1.165) is 18.8 Å². The lowest BCUT2D eigenvalue weighted by molar-refractivity contribution is 0.0660. The third kappa shape index (κ3) is 3.36. The van der Waals surface area contributed by atoms with E-state index in [4.69, 9.17) is 4.74 Å². The Hall–Kier alpha value is -1.33. The van der Waals surface area contributed by atoms with Gasteiger partial charge in [0.05, 0.1) is 6.61 Å². The fraction of sp³-hybridized carbons (Fsp3) is 0.643. The van der Waals surface area contributed by atoms with Gasteiger partial charge in [-0.3, -0.25) is 4.79 Å². The predicted molar refractivity (Wildman–Crippen MR) is 74.3 cm³/mol. The van der Waals surface area contributed by atoms with Crippen molar-refractivity contribution in [3.63, 3.8) is 0 Å². The molecule has 0 bridgehead atoms. The number of carbonyl (C=O) groups excluding carboxylic acids is 1. The second-order valence-electron chi connectivity index (χ2n) is 5.26. The summed E-state index contributed by atoms with van der Waals surface area (Å²) in [4.78, 5) is 14.5. The number of nitrogens with zero attached hydrogens (tertiary/aromatic N) is 2. The summed E-state index contributed by atoms with van der Waals surface area (Å²) in [7, 11) is 1.67. The highest BCUT2D eigenvalue weighted by atomic mass is 16.5. The summed E-state index contributed by atoms with van der Waals surface area (Å²) < 4.78 is 7.04. The van der Waals surface area contributed by atoms with Crippen LogP contribution in [-0.2, 0) is 11.3 Å². The van der Waals surface area contributed by atoms with E-state index in [1.54, 1.807) is 7.11 Å². The first kappa shape index (κ1) is 14.1. The number of piperazine rings is 1. The molecule has 106 valence electrons. The van der Waals surface area contributed by atoms with Gasteiger partial charge in [0.1, 0.15) is 5.69 Å². The summed E-state index contributed by atoms with van der Waals surface area (Å²) in [5.74, 6) is 0.112. The Morgan fingerprint density at radius 1 is 1.42 bits per heavy atom. The SMILES string of the molecule is COCCn1cccc1C(=O)N1CC(C)NC(C)C1. The highest BCUT2D eigenvalue weighted by Crippen LogP contribution is 2.11. The molecule has 0 aromatic carbocycles. The number of rotatable bonds is 4. The first-order valence-corrected chi connectivity index (χ1v) is 6.81. The molecule has 1 amide bonds. The van der Waals surface area contributed by atoms with Crippen LogP contribution in [0.25, 0.3) is 0 Å². The molecule has 1 N–H and O–H groups in total. The fourth-order valence-electron chi connectivity index (χ4n) is 2.65. The van der Waals surface area contributed by atoms with Crippen molar-refractivity contribution in [2.75, 3.05) is 26.8 Å². The van der Waals surface area contributed by atoms with Crippen LogP contribution in [0.2, 0.25) is 0 Å². The molecule has 2 rings (SSSR count). The fourth-order valence-corrected chi connectivity index (χ4v) is 2.65. The van der Waals surface area contributed by atoms with Gasteiger partial charge in [-0.2, -0.15) is 0 Å². The van der Waals surface area contributed by atoms with E-state index in [1.807, 2.05) is 27.8 Å². The van der Waals surface area contributed by atoms with E-state index in [9.17, 15) is 4.79 Å². The molecule has 5 heteroatoms. The van der Waals surface area contributed by atoms with Crippen LogP contribution in [0.3, 0.4) is 0 Å². The van der Waals surface area contributed by atoms with Gasteiger partial charge in [0.2, 0.25) is 0 Å². The summed E-state index contributed by atoms with van der Waals surface area (Å²) in [5.41, 5.74) is 0.748. The molecule has 2 atom stereocenters. The molecular formula is C14H23N3O2. The Kier molecular flexibility index (Phi) is 4.61. The monoisotopic (exact) mass is 265 g/mol. The van der Waals surface area contributed by atoms with Gasteiger partial charge >= 0.3 is 0 Å². The molecule has 1 saturated heterocycles. The lowest BCUT2D eigenvalue weighted by atomic mass is 10.1. The van der Waals surface area contributed by atoms with Gasteiger partial charge in [-0.15, -0.1) is 0 Å². The van der Waals surface area contributed by atoms with E-state index in [0.29, 0.717) is 25.2 Å². The smallest absolute Gasteiger partial charge is 0.270 e. The van der Waals surface area contributed by atoms with Gasteiger partial charge in [-0.05, 0) is 26.0 Å². The van der Waals surface area contributed by atoms with E-state index in [2.05, 4.69) is 19.2 Å². The molecule has 2 heterocycles. The molecule has 1 aromatic rings. The minimum absolute atomic E-state index is 0.112. The standard InChI is InChI=1S/C14H23N3O2/c1-11-9-17(10-12(2)15-11)14(18)13-5-4-6-16(13)7-8-19-3/h4-6,11-12,15H,7-10H2,1-3H3. The van der Waals surface area contributed by atoms with Crippen LogP contribution in [0.1, 0.15) is 24.3 Å². The van der Waals surface area contributed by atoms with E-state index >= 15 is 0 Å². The number of carbonyl (C=O) groups is 1. The quantitative estimate of drug-likeness (QED) is 0.882. The number of aromatic nitrogens is 1. The van der Waals surface area contributed by atoms with Crippen LogP contribution in [-0.4, -0.2) is 54.3 Å². The van der Waals surface area contributed by atoms with E-state index in [-0.39, 0.29) is 5.91 Å². The largest absolute Gasteiger partial charge is 0.383 e. The molecule has 1 aromatic heterocycles. The average Bonchev–Trinajstić information content (AvgIpc) is 2.82. The summed E-state index contributed by atoms with van der Waals surface area (Å²) in [6.45, 7) is 7.07. The number of ether oxygens (including phenoxy) is 1. The highest BCUT2D eigenvalue weighted by molar-refractivity contribution is 5.93. The Bertz CT molecular complexity index is 420. The molecule has 0 aliphatic carbocycles. The van der Waals surface area contributed by atoms with Crippen LogP contribution in [0, 0.1) is 0 Å². The molecule has 0 saturated carbocycles. The van der Waals surface area contributed by atoms with Crippen molar-refractivity contribution in [2.45, 2.75) is 32.5 Å². The zero-order valence-electron chi connectivity index (χ0n) is 11.9. The van der Waals surface area contributed by atoms with Crippen molar-refractivity contribution < 1.29 is 9.53 Å². The topological polar surface area (TPSA) is 46.5 Å². The molecule has 2 unspecified atom stereocenters. The van der Waals surface area contributed by atoms with Crippen molar-refractivity contribution >= 4 is 5.91 Å². The maximum Gasteiger partial charge on any atom is 0.270 e. The lowest BCUT2D eigenvalue weighted by Crippen LogP contribution is -2.56. The van der Waals surface area contributed by atoms with Crippen molar-refractivity contribution in [3.05, 3.63) is 24.0 Å². The zero-order valence-corrected chi connectivity index (χ0v) is 11.9. The number of nitrogens with one attached hydrogen (secondary N) is 1. The van der Waals surface area contributed by atoms with Crippen LogP contribution < -0.4 is 5.32 Å². The van der Waals surface area contributed by atoms with E-state index < -0.39 is 0 Å². The second-order valence-corrected chi connectivity index (χ2v) is 5.26. The summed E-state index contributed by atoms with van der Waals surface area (Å²) >= 11 is 0. The van der Waals surface area contributed by atoms with Crippen molar-refractivity contribution in [3.8, 4) is 0 Å². The van der Waals surface area contributed by atoms with Gasteiger partial charge in [0, 0.05) is 45.0 Å². The van der Waals surface area contributed by atoms with Crippen LogP contribution >= 0.6 is 0 Å². The molecule has 1 aliphatic rings. The Morgan fingerprint density at radius 2 is 2.11 bits per heavy atom. The molecule has 0 radical (unpaired) electrons. The second kappa shape index (κ2) is 6.21. The molecule has 19 heavy (non-hydrogen) atoms. The Balaban J connectivity index is 2.08. The third-order valence-corrected chi connectivity index (χ3v) is 3.43. The minimum Gasteiger partial charge on any atom is -0.383 e. The first-order chi connectivity index (χ1) is 9.11. The first-order valence-electron chi connectivity index (χ1n) is 6.81. The van der Waals surface area contributed by atoms with Gasteiger partial charge < -0.3 is 19.5 Å². The molecule has 1 aliphatic heterocycles. The van der Waals surface area contributed by atoms with Crippen molar-refractivity contribution in [1.29, 1.82) is 0 Å². The number of hydrogen-bond acceptors (Lipinski definition) is 3. The van der Waals surface area contributed by atoms with Crippen LogP contribution in [0.4, 0.5) is 0 Å². The van der Waals surface area contributed by atoms with E-state index in [1.165, 1.54) is 0 Å². The van der Waals surface area contributed by atoms with Crippen molar-refractivity contribution in [1.82, 2.24) is 14.8 Å². The highest BCUT2D eigenvalue weighted by Gasteiger charge is 2.26. The predicted octanol–water partition coefficient (Wildman–Crippen LogP) is 0.957. The molecular weight excluding hydrogens is 242 g/mol. The maximum atomic E-state index is 12.6. The number of hydrogen-bond donors (Lipinski definition) is 1. The lowest BCUT2D eigenvalue weighted by Gasteiger charge is -2.36. The average molecular weight is 265 g/mol. The van der Waals surface area contributed by atoms with Crippen LogP contribution in [0.5, 0.6) is 0 Å². The van der Waals surface area contributed by atoms with Gasteiger partial charge in [-0.25, -0.2) is 0 Å². The molecule has 5 nitrogen and oxygen atoms in total. The van der Waals surface area contributed by atoms with Gasteiger partial charge in [0.25, 0.3) is 5.91 Å². The van der Waals surface area contributed by atoms with Gasteiger partial charge in [0.15, 0.2) is 0 Å². The van der Waals surface area contributed by atoms with Gasteiger partial charge in [-0.1, -0.05) is 0 Å². The summed E-state index contributed by atoms with van der Waals surface area (Å²) in [6, 6.07) is 4.48. The number of methoxy groups -OCH3 is 1. The normalized spacial score (nSPS) is 23.6. The van der Waals surface area contributed by atoms with Crippen molar-refractivity contribution in [2.24, 2.45) is 0 Å². The number of amides is 1. The third-order valence-electron chi connectivity index (χ3n) is 3.43. The maximum absolute atomic E-state index is 12.6. The minimum atomic E-state index is 0.112.